The van der Waals surface area contributed by atoms with Crippen molar-refractivity contribution in [2.45, 2.75) is 40.0 Å². The first-order valence-electron chi connectivity index (χ1n) is 7.43. The van der Waals surface area contributed by atoms with E-state index in [0.29, 0.717) is 11.1 Å². The van der Waals surface area contributed by atoms with E-state index >= 15 is 0 Å². The number of phenols is 1. The number of aryl methyl sites for hydroxylation is 2. The number of aromatic hydroxyl groups is 1. The number of rotatable bonds is 2. The van der Waals surface area contributed by atoms with Gasteiger partial charge in [0.05, 0.1) is 0 Å². The molecule has 0 aliphatic rings. The van der Waals surface area contributed by atoms with Gasteiger partial charge in [-0.05, 0) is 42.5 Å². The van der Waals surface area contributed by atoms with Gasteiger partial charge in [0.2, 0.25) is 0 Å². The van der Waals surface area contributed by atoms with Crippen LogP contribution in [0.3, 0.4) is 0 Å². The fourth-order valence-electron chi connectivity index (χ4n) is 2.31. The summed E-state index contributed by atoms with van der Waals surface area (Å²) in [5.74, 6) is 0.0953. The molecule has 0 radical (unpaired) electrons. The predicted octanol–water partition coefficient (Wildman–Crippen LogP) is 5.45. The van der Waals surface area contributed by atoms with E-state index in [-0.39, 0.29) is 19.8 Å². The average Bonchev–Trinajstić information content (AvgIpc) is 2.45. The standard InChI is InChI=1S/C18H22FOP.2ClH.Ti/c1-11-6-7-15(14(19)9-11)21-16-10-12(2)8-13(17(16)20)18(3,4)5;;;/h6-10,20-21H,1-5H3;2*1H;/q;;;+2/p-2. The van der Waals surface area contributed by atoms with Crippen molar-refractivity contribution < 1.29 is 26.5 Å². The van der Waals surface area contributed by atoms with Crippen LogP contribution in [0.4, 0.5) is 4.39 Å². The third-order valence-corrected chi connectivity index (χ3v) is 4.78. The van der Waals surface area contributed by atoms with Crippen LogP contribution in [0.25, 0.3) is 0 Å². The molecule has 0 saturated carbocycles. The van der Waals surface area contributed by atoms with Crippen LogP contribution in [0.2, 0.25) is 0 Å². The van der Waals surface area contributed by atoms with E-state index in [0.717, 1.165) is 22.0 Å². The van der Waals surface area contributed by atoms with Crippen LogP contribution < -0.4 is 10.6 Å². The summed E-state index contributed by atoms with van der Waals surface area (Å²) >= 11 is -0.556. The van der Waals surface area contributed by atoms with Crippen molar-refractivity contribution in [2.24, 2.45) is 0 Å². The van der Waals surface area contributed by atoms with Gasteiger partial charge in [0.15, 0.2) is 0 Å². The van der Waals surface area contributed by atoms with Gasteiger partial charge in [0, 0.05) is 16.2 Å². The average molecular weight is 423 g/mol. The zero-order valence-corrected chi connectivity index (χ0v) is 18.5. The van der Waals surface area contributed by atoms with Crippen molar-refractivity contribution in [2.75, 3.05) is 0 Å². The number of hydrogen-bond donors (Lipinski definition) is 1. The van der Waals surface area contributed by atoms with Crippen LogP contribution in [0.1, 0.15) is 37.5 Å². The molecule has 0 fully saturated rings. The third kappa shape index (κ3) is 6.32. The monoisotopic (exact) mass is 422 g/mol. The predicted molar refractivity (Wildman–Crippen MR) is 102 cm³/mol. The van der Waals surface area contributed by atoms with Crippen LogP contribution in [0.5, 0.6) is 5.75 Å². The molecule has 1 nitrogen and oxygen atoms in total. The van der Waals surface area contributed by atoms with Crippen molar-refractivity contribution in [3.8, 4) is 5.75 Å². The molecule has 2 aromatic carbocycles. The van der Waals surface area contributed by atoms with Crippen LogP contribution in [0, 0.1) is 19.7 Å². The van der Waals surface area contributed by atoms with Gasteiger partial charge >= 0.3 is 35.6 Å². The van der Waals surface area contributed by atoms with E-state index < -0.39 is 17.0 Å². The van der Waals surface area contributed by atoms with Gasteiger partial charge in [-0.1, -0.05) is 47.6 Å². The second-order valence-corrected chi connectivity index (χ2v) is 10.5. The molecule has 0 spiro atoms. The molecular weight excluding hydrogens is 401 g/mol. The van der Waals surface area contributed by atoms with E-state index in [1.54, 1.807) is 6.07 Å². The molecule has 2 aromatic rings. The SMILES string of the molecule is Cc1ccc(Pc2cc(C)cc(C(C)(C)C)c2O)c(F)c1.[Cl][Ti][Cl]. The van der Waals surface area contributed by atoms with E-state index in [1.165, 1.54) is 0 Å². The van der Waals surface area contributed by atoms with Crippen LogP contribution >= 0.6 is 27.2 Å². The Morgan fingerprint density at radius 2 is 1.58 bits per heavy atom. The van der Waals surface area contributed by atoms with E-state index in [4.69, 9.17) is 18.6 Å². The summed E-state index contributed by atoms with van der Waals surface area (Å²) in [6, 6.07) is 9.21. The molecule has 0 heterocycles. The molecule has 1 N–H and O–H groups in total. The third-order valence-electron chi connectivity index (χ3n) is 3.46. The molecule has 6 heteroatoms. The zero-order chi connectivity index (χ0) is 18.5. The Kier molecular flexibility index (Phi) is 8.73. The molecule has 2 rings (SSSR count). The normalized spacial score (nSPS) is 11.3. The molecular formula is C18H22Cl2FOPTi. The van der Waals surface area contributed by atoms with Gasteiger partial charge in [-0.15, -0.1) is 0 Å². The first kappa shape index (κ1) is 21.9. The fraction of sp³-hybridized carbons (Fsp3) is 0.333. The fourth-order valence-corrected chi connectivity index (χ4v) is 3.51. The Labute approximate surface area is 162 Å². The Bertz CT molecular complexity index is 702. The van der Waals surface area contributed by atoms with Gasteiger partial charge < -0.3 is 5.11 Å². The molecule has 24 heavy (non-hydrogen) atoms. The van der Waals surface area contributed by atoms with Gasteiger partial charge in [-0.2, -0.15) is 0 Å². The molecule has 0 amide bonds. The summed E-state index contributed by atoms with van der Waals surface area (Å²) in [5, 5.41) is 12.0. The van der Waals surface area contributed by atoms with Gasteiger partial charge in [-0.3, -0.25) is 0 Å². The number of halogens is 3. The summed E-state index contributed by atoms with van der Waals surface area (Å²) < 4.78 is 14.0. The molecule has 0 bridgehead atoms. The summed E-state index contributed by atoms with van der Waals surface area (Å²) in [5.41, 5.74) is 2.77. The van der Waals surface area contributed by atoms with E-state index in [9.17, 15) is 9.50 Å². The Morgan fingerprint density at radius 1 is 1.00 bits per heavy atom. The van der Waals surface area contributed by atoms with Crippen LogP contribution in [-0.4, -0.2) is 5.11 Å². The second kappa shape index (κ2) is 9.55. The zero-order valence-electron chi connectivity index (χ0n) is 14.5. The topological polar surface area (TPSA) is 20.2 Å². The van der Waals surface area contributed by atoms with Crippen LogP contribution in [-0.2, 0) is 22.4 Å². The van der Waals surface area contributed by atoms with Gasteiger partial charge in [0.25, 0.3) is 0 Å². The second-order valence-electron chi connectivity index (χ2n) is 6.64. The van der Waals surface area contributed by atoms with Crippen LogP contribution in [0.15, 0.2) is 30.3 Å². The van der Waals surface area contributed by atoms with E-state index in [1.807, 2.05) is 38.1 Å². The number of phenolic OH excluding ortho intramolecular Hbond substituents is 1. The molecule has 1 atom stereocenters. The molecule has 0 aromatic heterocycles. The van der Waals surface area contributed by atoms with Crippen molar-refractivity contribution in [3.63, 3.8) is 0 Å². The summed E-state index contributed by atoms with van der Waals surface area (Å²) in [6.07, 6.45) is 0. The Balaban J connectivity index is 0.000000891. The minimum atomic E-state index is -0.556. The maximum absolute atomic E-state index is 14.0. The van der Waals surface area contributed by atoms with Crippen molar-refractivity contribution in [1.82, 2.24) is 0 Å². The van der Waals surface area contributed by atoms with E-state index in [2.05, 4.69) is 20.8 Å². The summed E-state index contributed by atoms with van der Waals surface area (Å²) in [6.45, 7) is 10.1. The summed E-state index contributed by atoms with van der Waals surface area (Å²) in [4.78, 5) is 0. The first-order valence-corrected chi connectivity index (χ1v) is 12.7. The van der Waals surface area contributed by atoms with Crippen molar-refractivity contribution in [1.29, 1.82) is 0 Å². The number of hydrogen-bond acceptors (Lipinski definition) is 1. The molecule has 0 saturated heterocycles. The Morgan fingerprint density at radius 3 is 2.08 bits per heavy atom. The Hall–Kier alpha value is -0.106. The molecule has 130 valence electrons. The molecule has 1 unspecified atom stereocenters. The summed E-state index contributed by atoms with van der Waals surface area (Å²) in [7, 11) is 9.90. The minimum absolute atomic E-state index is 0.118. The molecule has 0 aliphatic heterocycles. The molecule has 0 aliphatic carbocycles. The van der Waals surface area contributed by atoms with Crippen molar-refractivity contribution in [3.05, 3.63) is 52.8 Å². The van der Waals surface area contributed by atoms with Crippen molar-refractivity contribution >= 4 is 37.8 Å². The maximum atomic E-state index is 14.0. The van der Waals surface area contributed by atoms with Gasteiger partial charge in [0.1, 0.15) is 11.6 Å². The van der Waals surface area contributed by atoms with Gasteiger partial charge in [-0.25, -0.2) is 4.39 Å². The number of benzene rings is 2. The quantitative estimate of drug-likeness (QED) is 0.503. The first-order chi connectivity index (χ1) is 11.1.